The second kappa shape index (κ2) is 12.0. The highest BCUT2D eigenvalue weighted by molar-refractivity contribution is 6.10. The third-order valence-electron chi connectivity index (χ3n) is 6.15. The van der Waals surface area contributed by atoms with E-state index in [4.69, 9.17) is 0 Å². The van der Waals surface area contributed by atoms with Crippen LogP contribution in [0.15, 0.2) is 103 Å². The maximum atomic E-state index is 13.1. The minimum absolute atomic E-state index is 0.159. The van der Waals surface area contributed by atoms with Gasteiger partial charge in [-0.25, -0.2) is 0 Å². The molecule has 37 heavy (non-hydrogen) atoms. The van der Waals surface area contributed by atoms with Gasteiger partial charge in [0.25, 0.3) is 5.91 Å². The zero-order valence-electron chi connectivity index (χ0n) is 21.5. The first-order chi connectivity index (χ1) is 17.9. The first kappa shape index (κ1) is 25.7. The fraction of sp³-hybridized carbons (Fsp3) is 0.188. The molecular formula is C32H33N3O2. The number of amides is 2. The van der Waals surface area contributed by atoms with Gasteiger partial charge in [-0.1, -0.05) is 68.4 Å². The van der Waals surface area contributed by atoms with Gasteiger partial charge < -0.3 is 16.0 Å². The van der Waals surface area contributed by atoms with Gasteiger partial charge in [0.2, 0.25) is 5.91 Å². The van der Waals surface area contributed by atoms with Crippen LogP contribution in [0.3, 0.4) is 0 Å². The second-order valence-corrected chi connectivity index (χ2v) is 9.62. The van der Waals surface area contributed by atoms with E-state index >= 15 is 0 Å². The SMILES string of the molecule is CC(C)Cc1ccc(C(C)C(=O)Nc2ccccc2C(=O)Nc2ccc(Nc3ccccc3)cc2)cc1. The lowest BCUT2D eigenvalue weighted by Gasteiger charge is -2.16. The van der Waals surface area contributed by atoms with Crippen LogP contribution in [-0.2, 0) is 11.2 Å². The molecule has 2 amide bonds. The quantitative estimate of drug-likeness (QED) is 0.225. The average molecular weight is 492 g/mol. The highest BCUT2D eigenvalue weighted by atomic mass is 16.2. The Hall–Kier alpha value is -4.38. The molecule has 0 radical (unpaired) electrons. The fourth-order valence-electron chi connectivity index (χ4n) is 4.12. The van der Waals surface area contributed by atoms with Crippen LogP contribution >= 0.6 is 0 Å². The van der Waals surface area contributed by atoms with Gasteiger partial charge in [-0.05, 0) is 78.9 Å². The van der Waals surface area contributed by atoms with Crippen molar-refractivity contribution in [3.63, 3.8) is 0 Å². The molecule has 0 fully saturated rings. The minimum Gasteiger partial charge on any atom is -0.356 e. The number of nitrogens with one attached hydrogen (secondary N) is 3. The van der Waals surface area contributed by atoms with Crippen molar-refractivity contribution in [1.82, 2.24) is 0 Å². The van der Waals surface area contributed by atoms with E-state index in [2.05, 4.69) is 41.9 Å². The van der Waals surface area contributed by atoms with E-state index < -0.39 is 0 Å². The molecule has 0 saturated carbocycles. The van der Waals surface area contributed by atoms with Crippen LogP contribution in [0.5, 0.6) is 0 Å². The number of para-hydroxylation sites is 2. The van der Waals surface area contributed by atoms with Gasteiger partial charge in [0.1, 0.15) is 0 Å². The first-order valence-electron chi connectivity index (χ1n) is 12.6. The average Bonchev–Trinajstić information content (AvgIpc) is 2.90. The molecular weight excluding hydrogens is 458 g/mol. The molecule has 0 aliphatic heterocycles. The lowest BCUT2D eigenvalue weighted by Crippen LogP contribution is -2.22. The summed E-state index contributed by atoms with van der Waals surface area (Å²) in [6, 6.07) is 32.6. The number of hydrogen-bond donors (Lipinski definition) is 3. The van der Waals surface area contributed by atoms with Gasteiger partial charge in [-0.15, -0.1) is 0 Å². The van der Waals surface area contributed by atoms with Crippen molar-refractivity contribution in [2.75, 3.05) is 16.0 Å². The maximum absolute atomic E-state index is 13.1. The van der Waals surface area contributed by atoms with Crippen molar-refractivity contribution in [2.45, 2.75) is 33.1 Å². The molecule has 0 saturated heterocycles. The molecule has 5 nitrogen and oxygen atoms in total. The molecule has 0 aliphatic carbocycles. The molecule has 1 atom stereocenters. The van der Waals surface area contributed by atoms with E-state index in [1.165, 1.54) is 5.56 Å². The van der Waals surface area contributed by atoms with Gasteiger partial charge >= 0.3 is 0 Å². The smallest absolute Gasteiger partial charge is 0.257 e. The largest absolute Gasteiger partial charge is 0.356 e. The Morgan fingerprint density at radius 3 is 1.92 bits per heavy atom. The van der Waals surface area contributed by atoms with Gasteiger partial charge in [-0.2, -0.15) is 0 Å². The molecule has 0 spiro atoms. The number of hydrogen-bond acceptors (Lipinski definition) is 3. The molecule has 188 valence electrons. The van der Waals surface area contributed by atoms with Crippen LogP contribution in [-0.4, -0.2) is 11.8 Å². The zero-order valence-corrected chi connectivity index (χ0v) is 21.5. The summed E-state index contributed by atoms with van der Waals surface area (Å²) < 4.78 is 0. The molecule has 1 unspecified atom stereocenters. The molecule has 0 aliphatic rings. The monoisotopic (exact) mass is 491 g/mol. The lowest BCUT2D eigenvalue weighted by molar-refractivity contribution is -0.117. The highest BCUT2D eigenvalue weighted by Gasteiger charge is 2.19. The van der Waals surface area contributed by atoms with Gasteiger partial charge in [0.05, 0.1) is 17.2 Å². The van der Waals surface area contributed by atoms with Gasteiger partial charge in [0.15, 0.2) is 0 Å². The van der Waals surface area contributed by atoms with Crippen molar-refractivity contribution < 1.29 is 9.59 Å². The second-order valence-electron chi connectivity index (χ2n) is 9.62. The van der Waals surface area contributed by atoms with Crippen molar-refractivity contribution in [1.29, 1.82) is 0 Å². The summed E-state index contributed by atoms with van der Waals surface area (Å²) in [4.78, 5) is 26.1. The Bertz CT molecular complexity index is 1330. The van der Waals surface area contributed by atoms with Crippen molar-refractivity contribution in [3.05, 3.63) is 120 Å². The summed E-state index contributed by atoms with van der Waals surface area (Å²) in [5.74, 6) is -0.217. The summed E-state index contributed by atoms with van der Waals surface area (Å²) in [6.07, 6.45) is 1.01. The summed E-state index contributed by atoms with van der Waals surface area (Å²) >= 11 is 0. The van der Waals surface area contributed by atoms with E-state index in [0.29, 0.717) is 22.9 Å². The summed E-state index contributed by atoms with van der Waals surface area (Å²) in [5.41, 5.74) is 5.67. The molecule has 4 aromatic carbocycles. The van der Waals surface area contributed by atoms with E-state index in [0.717, 1.165) is 23.4 Å². The van der Waals surface area contributed by atoms with Crippen LogP contribution in [0, 0.1) is 5.92 Å². The summed E-state index contributed by atoms with van der Waals surface area (Å²) in [6.45, 7) is 6.26. The predicted octanol–water partition coefficient (Wildman–Crippen LogP) is 7.62. The van der Waals surface area contributed by atoms with Crippen molar-refractivity contribution in [2.24, 2.45) is 5.92 Å². The van der Waals surface area contributed by atoms with E-state index in [9.17, 15) is 9.59 Å². The van der Waals surface area contributed by atoms with E-state index in [1.54, 1.807) is 18.2 Å². The third kappa shape index (κ3) is 7.07. The Morgan fingerprint density at radius 2 is 1.24 bits per heavy atom. The zero-order chi connectivity index (χ0) is 26.2. The fourth-order valence-corrected chi connectivity index (χ4v) is 4.12. The maximum Gasteiger partial charge on any atom is 0.257 e. The molecule has 4 aromatic rings. The first-order valence-corrected chi connectivity index (χ1v) is 12.6. The van der Waals surface area contributed by atoms with Crippen molar-refractivity contribution >= 4 is 34.6 Å². The van der Waals surface area contributed by atoms with Crippen LogP contribution in [0.2, 0.25) is 0 Å². The van der Waals surface area contributed by atoms with Crippen LogP contribution < -0.4 is 16.0 Å². The van der Waals surface area contributed by atoms with Crippen LogP contribution in [0.25, 0.3) is 0 Å². The van der Waals surface area contributed by atoms with Crippen molar-refractivity contribution in [3.8, 4) is 0 Å². The number of anilines is 4. The summed E-state index contributed by atoms with van der Waals surface area (Å²) in [7, 11) is 0. The van der Waals surface area contributed by atoms with E-state index in [-0.39, 0.29) is 17.7 Å². The molecule has 0 bridgehead atoms. The number of rotatable bonds is 9. The summed E-state index contributed by atoms with van der Waals surface area (Å²) in [5, 5.41) is 9.20. The van der Waals surface area contributed by atoms with Gasteiger partial charge in [0, 0.05) is 17.1 Å². The Labute approximate surface area is 218 Å². The standard InChI is InChI=1S/C32H33N3O2/c1-22(2)21-24-13-15-25(16-14-24)23(3)31(36)35-30-12-8-7-11-29(30)32(37)34-28-19-17-27(18-20-28)33-26-9-5-4-6-10-26/h4-20,22-23,33H,21H2,1-3H3,(H,34,37)(H,35,36). The Morgan fingerprint density at radius 1 is 0.649 bits per heavy atom. The lowest BCUT2D eigenvalue weighted by atomic mass is 9.96. The third-order valence-corrected chi connectivity index (χ3v) is 6.15. The number of carbonyl (C=O) groups is 2. The van der Waals surface area contributed by atoms with Crippen LogP contribution in [0.4, 0.5) is 22.7 Å². The van der Waals surface area contributed by atoms with Crippen LogP contribution in [0.1, 0.15) is 48.2 Å². The molecule has 3 N–H and O–H groups in total. The molecule has 4 rings (SSSR count). The molecule has 0 aromatic heterocycles. The minimum atomic E-state index is -0.353. The molecule has 0 heterocycles. The predicted molar refractivity (Wildman–Crippen MR) is 153 cm³/mol. The highest BCUT2D eigenvalue weighted by Crippen LogP contribution is 2.23. The Balaban J connectivity index is 1.40. The number of benzene rings is 4. The van der Waals surface area contributed by atoms with E-state index in [1.807, 2.05) is 79.7 Å². The normalized spacial score (nSPS) is 11.6. The number of carbonyl (C=O) groups excluding carboxylic acids is 2. The van der Waals surface area contributed by atoms with Gasteiger partial charge in [-0.3, -0.25) is 9.59 Å². The topological polar surface area (TPSA) is 70.2 Å². The Kier molecular flexibility index (Phi) is 8.37. The molecule has 5 heteroatoms.